The van der Waals surface area contributed by atoms with Crippen molar-refractivity contribution >= 4 is 21.9 Å². The van der Waals surface area contributed by atoms with Crippen molar-refractivity contribution < 1.29 is 14.3 Å². The van der Waals surface area contributed by atoms with Gasteiger partial charge in [0.15, 0.2) is 0 Å². The highest BCUT2D eigenvalue weighted by Gasteiger charge is 2.45. The molecule has 0 radical (unpaired) electrons. The van der Waals surface area contributed by atoms with Crippen molar-refractivity contribution in [2.75, 3.05) is 6.54 Å². The number of rotatable bonds is 3. The first-order valence-corrected chi connectivity index (χ1v) is 7.10. The Morgan fingerprint density at radius 3 is 2.84 bits per heavy atom. The molecular weight excluding hydrogens is 313 g/mol. The van der Waals surface area contributed by atoms with Gasteiger partial charge in [0.2, 0.25) is 0 Å². The second kappa shape index (κ2) is 5.21. The summed E-state index contributed by atoms with van der Waals surface area (Å²) in [5.74, 6) is -1.10. The van der Waals surface area contributed by atoms with E-state index in [1.807, 2.05) is 11.8 Å². The Kier molecular flexibility index (Phi) is 3.97. The molecule has 104 valence electrons. The lowest BCUT2D eigenvalue weighted by Gasteiger charge is -2.36. The maximum atomic E-state index is 13.1. The molecule has 1 aromatic carbocycles. The van der Waals surface area contributed by atoms with E-state index in [1.54, 1.807) is 13.0 Å². The molecule has 0 aliphatic carbocycles. The Balaban J connectivity index is 2.33. The Morgan fingerprint density at radius 1 is 1.58 bits per heavy atom. The summed E-state index contributed by atoms with van der Waals surface area (Å²) in [5, 5.41) is 9.44. The molecular formula is C14H17BrFNO2. The van der Waals surface area contributed by atoms with Crippen molar-refractivity contribution in [1.82, 2.24) is 4.90 Å². The summed E-state index contributed by atoms with van der Waals surface area (Å²) in [5.41, 5.74) is 0.0727. The molecule has 1 N–H and O–H groups in total. The third kappa shape index (κ3) is 2.54. The number of carboxylic acid groups (broad SMARTS) is 1. The molecule has 1 saturated heterocycles. The first-order chi connectivity index (χ1) is 8.86. The second-order valence-corrected chi connectivity index (χ2v) is 6.07. The van der Waals surface area contributed by atoms with E-state index in [-0.39, 0.29) is 11.9 Å². The van der Waals surface area contributed by atoms with E-state index in [0.29, 0.717) is 10.9 Å². The molecule has 1 aliphatic heterocycles. The number of halogens is 2. The van der Waals surface area contributed by atoms with Gasteiger partial charge in [-0.05, 0) is 50.9 Å². The van der Waals surface area contributed by atoms with Crippen LogP contribution in [-0.4, -0.2) is 28.1 Å². The van der Waals surface area contributed by atoms with Crippen LogP contribution in [0.5, 0.6) is 0 Å². The lowest BCUT2D eigenvalue weighted by molar-refractivity contribution is -0.149. The van der Waals surface area contributed by atoms with Crippen LogP contribution in [0.4, 0.5) is 4.39 Å². The van der Waals surface area contributed by atoms with Crippen LogP contribution in [0.25, 0.3) is 0 Å². The van der Waals surface area contributed by atoms with Crippen LogP contribution in [0.3, 0.4) is 0 Å². The van der Waals surface area contributed by atoms with Gasteiger partial charge in [0.05, 0.1) is 0 Å². The topological polar surface area (TPSA) is 40.5 Å². The number of aliphatic carboxylic acids is 1. The summed E-state index contributed by atoms with van der Waals surface area (Å²) in [4.78, 5) is 13.5. The third-order valence-electron chi connectivity index (χ3n) is 4.04. The number of carbonyl (C=O) groups is 1. The zero-order chi connectivity index (χ0) is 14.2. The molecule has 3 nitrogen and oxygen atoms in total. The maximum Gasteiger partial charge on any atom is 0.323 e. The van der Waals surface area contributed by atoms with Gasteiger partial charge in [-0.2, -0.15) is 0 Å². The lowest BCUT2D eigenvalue weighted by atomic mass is 9.96. The highest BCUT2D eigenvalue weighted by atomic mass is 79.9. The van der Waals surface area contributed by atoms with Gasteiger partial charge in [-0.15, -0.1) is 0 Å². The van der Waals surface area contributed by atoms with E-state index in [2.05, 4.69) is 15.9 Å². The summed E-state index contributed by atoms with van der Waals surface area (Å²) < 4.78 is 13.8. The van der Waals surface area contributed by atoms with Gasteiger partial charge >= 0.3 is 5.97 Å². The minimum absolute atomic E-state index is 0.0708. The van der Waals surface area contributed by atoms with Gasteiger partial charge in [0.25, 0.3) is 0 Å². The third-order valence-corrected chi connectivity index (χ3v) is 4.72. The SMILES string of the molecule is CC(c1ccc(F)cc1Br)N1CCCC1(C)C(=O)O. The fourth-order valence-corrected chi connectivity index (χ4v) is 3.53. The quantitative estimate of drug-likeness (QED) is 0.921. The van der Waals surface area contributed by atoms with Crippen molar-refractivity contribution in [3.8, 4) is 0 Å². The van der Waals surface area contributed by atoms with E-state index < -0.39 is 11.5 Å². The molecule has 5 heteroatoms. The molecule has 0 aromatic heterocycles. The summed E-state index contributed by atoms with van der Waals surface area (Å²) in [6.45, 7) is 4.47. The molecule has 2 rings (SSSR count). The molecule has 1 aromatic rings. The van der Waals surface area contributed by atoms with E-state index in [1.165, 1.54) is 12.1 Å². The van der Waals surface area contributed by atoms with Gasteiger partial charge in [-0.1, -0.05) is 22.0 Å². The highest BCUT2D eigenvalue weighted by molar-refractivity contribution is 9.10. The van der Waals surface area contributed by atoms with Crippen molar-refractivity contribution in [1.29, 1.82) is 0 Å². The van der Waals surface area contributed by atoms with Crippen molar-refractivity contribution in [2.24, 2.45) is 0 Å². The summed E-state index contributed by atoms with van der Waals surface area (Å²) in [6, 6.07) is 4.47. The van der Waals surface area contributed by atoms with Crippen LogP contribution in [0, 0.1) is 5.82 Å². The van der Waals surface area contributed by atoms with Gasteiger partial charge < -0.3 is 5.11 Å². The number of nitrogens with zero attached hydrogens (tertiary/aromatic N) is 1. The van der Waals surface area contributed by atoms with Gasteiger partial charge in [0, 0.05) is 10.5 Å². The monoisotopic (exact) mass is 329 g/mol. The summed E-state index contributed by atoms with van der Waals surface area (Å²) in [6.07, 6.45) is 1.51. The minimum Gasteiger partial charge on any atom is -0.480 e. The Bertz CT molecular complexity index is 508. The number of carboxylic acids is 1. The predicted molar refractivity (Wildman–Crippen MR) is 74.5 cm³/mol. The van der Waals surface area contributed by atoms with Crippen LogP contribution in [-0.2, 0) is 4.79 Å². The smallest absolute Gasteiger partial charge is 0.323 e. The average Bonchev–Trinajstić information content (AvgIpc) is 2.72. The number of benzene rings is 1. The minimum atomic E-state index is -0.840. The zero-order valence-electron chi connectivity index (χ0n) is 11.0. The van der Waals surface area contributed by atoms with Crippen LogP contribution in [0.15, 0.2) is 22.7 Å². The molecule has 1 fully saturated rings. The van der Waals surface area contributed by atoms with Crippen LogP contribution < -0.4 is 0 Å². The fourth-order valence-electron chi connectivity index (χ4n) is 2.84. The molecule has 1 heterocycles. The summed E-state index contributed by atoms with van der Waals surface area (Å²) in [7, 11) is 0. The standard InChI is InChI=1S/C14H17BrFNO2/c1-9(11-5-4-10(16)8-12(11)15)17-7-3-6-14(17,2)13(18)19/h4-5,8-9H,3,6-7H2,1-2H3,(H,18,19). The lowest BCUT2D eigenvalue weighted by Crippen LogP contribution is -2.48. The van der Waals surface area contributed by atoms with E-state index in [9.17, 15) is 14.3 Å². The second-order valence-electron chi connectivity index (χ2n) is 5.22. The summed E-state index contributed by atoms with van der Waals surface area (Å²) >= 11 is 3.36. The highest BCUT2D eigenvalue weighted by Crippen LogP contribution is 2.38. The Labute approximate surface area is 120 Å². The molecule has 0 saturated carbocycles. The molecule has 0 amide bonds. The van der Waals surface area contributed by atoms with Gasteiger partial charge in [-0.3, -0.25) is 9.69 Å². The Morgan fingerprint density at radius 2 is 2.26 bits per heavy atom. The van der Waals surface area contributed by atoms with Crippen molar-refractivity contribution in [2.45, 2.75) is 38.3 Å². The molecule has 19 heavy (non-hydrogen) atoms. The van der Waals surface area contributed by atoms with E-state index in [0.717, 1.165) is 18.5 Å². The van der Waals surface area contributed by atoms with Crippen LogP contribution in [0.2, 0.25) is 0 Å². The van der Waals surface area contributed by atoms with Crippen LogP contribution >= 0.6 is 15.9 Å². The fraction of sp³-hybridized carbons (Fsp3) is 0.500. The van der Waals surface area contributed by atoms with Crippen molar-refractivity contribution in [3.63, 3.8) is 0 Å². The first-order valence-electron chi connectivity index (χ1n) is 6.31. The molecule has 0 bridgehead atoms. The van der Waals surface area contributed by atoms with Crippen LogP contribution in [0.1, 0.15) is 38.3 Å². The number of hydrogen-bond acceptors (Lipinski definition) is 2. The van der Waals surface area contributed by atoms with E-state index in [4.69, 9.17) is 0 Å². The Hall–Kier alpha value is -0.940. The maximum absolute atomic E-state index is 13.1. The normalized spacial score (nSPS) is 25.5. The molecule has 1 aliphatic rings. The van der Waals surface area contributed by atoms with Gasteiger partial charge in [0.1, 0.15) is 11.4 Å². The molecule has 2 atom stereocenters. The number of hydrogen-bond donors (Lipinski definition) is 1. The first kappa shape index (κ1) is 14.5. The van der Waals surface area contributed by atoms with E-state index >= 15 is 0 Å². The number of likely N-dealkylation sites (tertiary alicyclic amines) is 1. The molecule has 2 unspecified atom stereocenters. The predicted octanol–water partition coefficient (Wildman–Crippen LogP) is 3.59. The zero-order valence-corrected chi connectivity index (χ0v) is 12.6. The average molecular weight is 330 g/mol. The van der Waals surface area contributed by atoms with Crippen molar-refractivity contribution in [3.05, 3.63) is 34.1 Å². The largest absolute Gasteiger partial charge is 0.480 e. The van der Waals surface area contributed by atoms with Gasteiger partial charge in [-0.25, -0.2) is 4.39 Å². The molecule has 0 spiro atoms.